The van der Waals surface area contributed by atoms with Gasteiger partial charge in [-0.15, -0.1) is 0 Å². The Hall–Kier alpha value is -0.900. The van der Waals surface area contributed by atoms with Crippen molar-refractivity contribution in [2.24, 2.45) is 0 Å². The standard InChI is InChI=1S/C14H19ClFNO/c1-11(4-3-7-17-8-9-18-2)13-6-5-12(15)10-14(13)16/h4-6,10,17H,3,7-9H2,1-2H3. The Morgan fingerprint density at radius 3 is 2.89 bits per heavy atom. The van der Waals surface area contributed by atoms with Crippen molar-refractivity contribution in [2.75, 3.05) is 26.8 Å². The van der Waals surface area contributed by atoms with E-state index in [-0.39, 0.29) is 5.82 Å². The number of nitrogens with one attached hydrogen (secondary N) is 1. The van der Waals surface area contributed by atoms with Gasteiger partial charge in [0, 0.05) is 24.2 Å². The molecule has 0 bridgehead atoms. The van der Waals surface area contributed by atoms with Crippen molar-refractivity contribution in [3.05, 3.63) is 40.7 Å². The molecule has 100 valence electrons. The molecule has 0 heterocycles. The first kappa shape index (κ1) is 15.2. The summed E-state index contributed by atoms with van der Waals surface area (Å²) in [5, 5.41) is 3.65. The van der Waals surface area contributed by atoms with Gasteiger partial charge in [-0.2, -0.15) is 0 Å². The number of benzene rings is 1. The third-order valence-electron chi connectivity index (χ3n) is 2.61. The third kappa shape index (κ3) is 5.17. The predicted octanol–water partition coefficient (Wildman–Crippen LogP) is 3.51. The Labute approximate surface area is 113 Å². The fraction of sp³-hybridized carbons (Fsp3) is 0.429. The van der Waals surface area contributed by atoms with E-state index in [4.69, 9.17) is 16.3 Å². The van der Waals surface area contributed by atoms with Crippen LogP contribution in [0.3, 0.4) is 0 Å². The quantitative estimate of drug-likeness (QED) is 0.767. The second-order valence-corrected chi connectivity index (χ2v) is 4.48. The molecule has 18 heavy (non-hydrogen) atoms. The van der Waals surface area contributed by atoms with Crippen LogP contribution in [0, 0.1) is 5.82 Å². The summed E-state index contributed by atoms with van der Waals surface area (Å²) in [5.74, 6) is -0.274. The number of allylic oxidation sites excluding steroid dienone is 1. The second-order valence-electron chi connectivity index (χ2n) is 4.04. The van der Waals surface area contributed by atoms with E-state index in [1.54, 1.807) is 19.2 Å². The molecule has 0 radical (unpaired) electrons. The second kappa shape index (κ2) is 8.25. The largest absolute Gasteiger partial charge is 0.383 e. The van der Waals surface area contributed by atoms with Gasteiger partial charge in [-0.1, -0.05) is 23.7 Å². The van der Waals surface area contributed by atoms with Crippen LogP contribution >= 0.6 is 11.6 Å². The first-order chi connectivity index (χ1) is 8.65. The fourth-order valence-electron chi connectivity index (χ4n) is 1.61. The summed E-state index contributed by atoms with van der Waals surface area (Å²) in [4.78, 5) is 0. The molecule has 0 saturated heterocycles. The van der Waals surface area contributed by atoms with Crippen LogP contribution in [0.4, 0.5) is 4.39 Å². The number of hydrogen-bond acceptors (Lipinski definition) is 2. The maximum atomic E-state index is 13.6. The Morgan fingerprint density at radius 1 is 1.44 bits per heavy atom. The number of ether oxygens (including phenoxy) is 1. The van der Waals surface area contributed by atoms with Gasteiger partial charge >= 0.3 is 0 Å². The normalized spacial score (nSPS) is 11.9. The molecule has 0 atom stereocenters. The van der Waals surface area contributed by atoms with E-state index in [2.05, 4.69) is 5.32 Å². The molecule has 0 spiro atoms. The summed E-state index contributed by atoms with van der Waals surface area (Å²) in [6, 6.07) is 4.75. The lowest BCUT2D eigenvalue weighted by molar-refractivity contribution is 0.199. The molecule has 0 aliphatic heterocycles. The highest BCUT2D eigenvalue weighted by molar-refractivity contribution is 6.30. The molecule has 0 saturated carbocycles. The zero-order valence-electron chi connectivity index (χ0n) is 10.8. The SMILES string of the molecule is COCCNCCC=C(C)c1ccc(Cl)cc1F. The molecular formula is C14H19ClFNO. The summed E-state index contributed by atoms with van der Waals surface area (Å²) in [6.45, 7) is 4.30. The number of halogens is 2. The fourth-order valence-corrected chi connectivity index (χ4v) is 1.77. The van der Waals surface area contributed by atoms with E-state index in [9.17, 15) is 4.39 Å². The first-order valence-corrected chi connectivity index (χ1v) is 6.34. The van der Waals surface area contributed by atoms with Gasteiger partial charge in [0.2, 0.25) is 0 Å². The summed E-state index contributed by atoms with van der Waals surface area (Å²) in [5.41, 5.74) is 1.54. The highest BCUT2D eigenvalue weighted by Gasteiger charge is 2.04. The van der Waals surface area contributed by atoms with Crippen molar-refractivity contribution in [2.45, 2.75) is 13.3 Å². The van der Waals surface area contributed by atoms with Crippen LogP contribution in [0.5, 0.6) is 0 Å². The monoisotopic (exact) mass is 271 g/mol. The third-order valence-corrected chi connectivity index (χ3v) is 2.85. The van der Waals surface area contributed by atoms with Gasteiger partial charge in [-0.05, 0) is 37.6 Å². The minimum atomic E-state index is -0.274. The average molecular weight is 272 g/mol. The minimum absolute atomic E-state index is 0.274. The molecular weight excluding hydrogens is 253 g/mol. The molecule has 4 heteroatoms. The maximum Gasteiger partial charge on any atom is 0.132 e. The van der Waals surface area contributed by atoms with E-state index in [0.717, 1.165) is 25.1 Å². The van der Waals surface area contributed by atoms with Gasteiger partial charge in [0.05, 0.1) is 6.61 Å². The van der Waals surface area contributed by atoms with Gasteiger partial charge < -0.3 is 10.1 Å². The molecule has 0 amide bonds. The summed E-state index contributed by atoms with van der Waals surface area (Å²) in [6.07, 6.45) is 2.88. The molecule has 1 rings (SSSR count). The molecule has 0 aromatic heterocycles. The van der Waals surface area contributed by atoms with E-state index in [1.807, 2.05) is 13.0 Å². The van der Waals surface area contributed by atoms with Crippen LogP contribution in [0.15, 0.2) is 24.3 Å². The maximum absolute atomic E-state index is 13.6. The van der Waals surface area contributed by atoms with Crippen LogP contribution in [0.1, 0.15) is 18.9 Å². The Morgan fingerprint density at radius 2 is 2.22 bits per heavy atom. The molecule has 0 aliphatic rings. The van der Waals surface area contributed by atoms with Crippen LogP contribution in [-0.2, 0) is 4.74 Å². The molecule has 1 aromatic rings. The molecule has 0 aliphatic carbocycles. The van der Waals surface area contributed by atoms with Crippen LogP contribution < -0.4 is 5.32 Å². The Balaban J connectivity index is 2.45. The molecule has 0 fully saturated rings. The van der Waals surface area contributed by atoms with Crippen LogP contribution in [-0.4, -0.2) is 26.8 Å². The van der Waals surface area contributed by atoms with Crippen molar-refractivity contribution in [3.8, 4) is 0 Å². The van der Waals surface area contributed by atoms with Crippen molar-refractivity contribution in [3.63, 3.8) is 0 Å². The predicted molar refractivity (Wildman–Crippen MR) is 74.4 cm³/mol. The minimum Gasteiger partial charge on any atom is -0.383 e. The van der Waals surface area contributed by atoms with Gasteiger partial charge in [-0.3, -0.25) is 0 Å². The van der Waals surface area contributed by atoms with Crippen molar-refractivity contribution >= 4 is 17.2 Å². The first-order valence-electron chi connectivity index (χ1n) is 5.97. The molecule has 0 unspecified atom stereocenters. The van der Waals surface area contributed by atoms with Crippen molar-refractivity contribution in [1.29, 1.82) is 0 Å². The number of hydrogen-bond donors (Lipinski definition) is 1. The smallest absolute Gasteiger partial charge is 0.132 e. The molecule has 2 nitrogen and oxygen atoms in total. The lowest BCUT2D eigenvalue weighted by Gasteiger charge is -2.05. The van der Waals surface area contributed by atoms with Gasteiger partial charge in [0.1, 0.15) is 5.82 Å². The topological polar surface area (TPSA) is 21.3 Å². The summed E-state index contributed by atoms with van der Waals surface area (Å²) < 4.78 is 18.5. The molecule has 1 aromatic carbocycles. The lowest BCUT2D eigenvalue weighted by atomic mass is 10.1. The Kier molecular flexibility index (Phi) is 6.94. The van der Waals surface area contributed by atoms with Crippen molar-refractivity contribution in [1.82, 2.24) is 5.32 Å². The summed E-state index contributed by atoms with van der Waals surface area (Å²) >= 11 is 5.72. The van der Waals surface area contributed by atoms with Crippen LogP contribution in [0.2, 0.25) is 5.02 Å². The van der Waals surface area contributed by atoms with Gasteiger partial charge in [0.15, 0.2) is 0 Å². The van der Waals surface area contributed by atoms with Crippen molar-refractivity contribution < 1.29 is 9.13 Å². The Bertz CT molecular complexity index is 407. The number of methoxy groups -OCH3 is 1. The van der Waals surface area contributed by atoms with Gasteiger partial charge in [-0.25, -0.2) is 4.39 Å². The van der Waals surface area contributed by atoms with E-state index in [0.29, 0.717) is 17.2 Å². The highest BCUT2D eigenvalue weighted by atomic mass is 35.5. The average Bonchev–Trinajstić information content (AvgIpc) is 2.33. The van der Waals surface area contributed by atoms with Crippen LogP contribution in [0.25, 0.3) is 5.57 Å². The number of rotatable bonds is 7. The lowest BCUT2D eigenvalue weighted by Crippen LogP contribution is -2.19. The summed E-state index contributed by atoms with van der Waals surface area (Å²) in [7, 11) is 1.68. The van der Waals surface area contributed by atoms with E-state index in [1.165, 1.54) is 6.07 Å². The van der Waals surface area contributed by atoms with E-state index >= 15 is 0 Å². The van der Waals surface area contributed by atoms with Gasteiger partial charge in [0.25, 0.3) is 0 Å². The zero-order valence-corrected chi connectivity index (χ0v) is 11.6. The highest BCUT2D eigenvalue weighted by Crippen LogP contribution is 2.21. The van der Waals surface area contributed by atoms with E-state index < -0.39 is 0 Å². The molecule has 1 N–H and O–H groups in total. The zero-order chi connectivity index (χ0) is 13.4.